The number of carbonyl (C=O) groups is 1. The second-order valence-electron chi connectivity index (χ2n) is 5.49. The molecule has 0 spiro atoms. The van der Waals surface area contributed by atoms with Crippen molar-refractivity contribution in [3.05, 3.63) is 47.4 Å². The minimum absolute atomic E-state index is 0.235. The minimum atomic E-state index is -0.235. The first kappa shape index (κ1) is 15.9. The number of nitrogens with one attached hydrogen (secondary N) is 2. The molecule has 1 aromatic heterocycles. The van der Waals surface area contributed by atoms with Gasteiger partial charge >= 0.3 is 0 Å². The molecule has 2 aromatic rings. The van der Waals surface area contributed by atoms with E-state index in [2.05, 4.69) is 27.5 Å². The number of nitrogens with zero attached hydrogens (tertiary/aromatic N) is 2. The molecule has 0 saturated heterocycles. The van der Waals surface area contributed by atoms with E-state index < -0.39 is 0 Å². The molecule has 116 valence electrons. The van der Waals surface area contributed by atoms with Crippen molar-refractivity contribution in [2.24, 2.45) is 0 Å². The predicted molar refractivity (Wildman–Crippen MR) is 89.3 cm³/mol. The normalized spacial score (nSPS) is 10.6. The van der Waals surface area contributed by atoms with E-state index in [1.165, 1.54) is 5.56 Å². The Labute approximate surface area is 131 Å². The number of benzene rings is 1. The number of hydrogen-bond donors (Lipinski definition) is 2. The van der Waals surface area contributed by atoms with Crippen LogP contribution < -0.4 is 10.6 Å². The van der Waals surface area contributed by atoms with Crippen LogP contribution >= 0.6 is 0 Å². The average Bonchev–Trinajstić information content (AvgIpc) is 2.46. The van der Waals surface area contributed by atoms with Gasteiger partial charge in [0.05, 0.1) is 0 Å². The van der Waals surface area contributed by atoms with Gasteiger partial charge in [0.15, 0.2) is 0 Å². The van der Waals surface area contributed by atoms with Gasteiger partial charge in [0.2, 0.25) is 0 Å². The number of rotatable bonds is 5. The zero-order chi connectivity index (χ0) is 16.1. The monoisotopic (exact) mass is 298 g/mol. The van der Waals surface area contributed by atoms with Gasteiger partial charge in [-0.2, -0.15) is 0 Å². The first-order valence-electron chi connectivity index (χ1n) is 7.50. The zero-order valence-corrected chi connectivity index (χ0v) is 13.5. The SMILES string of the molecule is CCc1ccc(NC(=O)c2cc(NC(C)C)nc(C)n2)cc1. The maximum atomic E-state index is 12.3. The predicted octanol–water partition coefficient (Wildman–Crippen LogP) is 3.42. The minimum Gasteiger partial charge on any atom is -0.368 e. The molecule has 2 N–H and O–H groups in total. The Bertz CT molecular complexity index is 650. The summed E-state index contributed by atoms with van der Waals surface area (Å²) in [6.07, 6.45) is 0.976. The first-order valence-corrected chi connectivity index (χ1v) is 7.50. The fraction of sp³-hybridized carbons (Fsp3) is 0.353. The summed E-state index contributed by atoms with van der Waals surface area (Å²) in [6.45, 7) is 7.91. The molecule has 0 aliphatic rings. The molecule has 0 radical (unpaired) electrons. The Kier molecular flexibility index (Phi) is 5.09. The van der Waals surface area contributed by atoms with E-state index in [4.69, 9.17) is 0 Å². The van der Waals surface area contributed by atoms with Crippen molar-refractivity contribution in [3.8, 4) is 0 Å². The standard InChI is InChI=1S/C17H22N4O/c1-5-13-6-8-14(9-7-13)21-17(22)15-10-16(18-11(2)3)20-12(4)19-15/h6-11H,5H2,1-4H3,(H,21,22)(H,18,19,20). The van der Waals surface area contributed by atoms with Gasteiger partial charge < -0.3 is 10.6 Å². The summed E-state index contributed by atoms with van der Waals surface area (Å²) < 4.78 is 0. The molecule has 1 aromatic carbocycles. The third-order valence-electron chi connectivity index (χ3n) is 3.13. The van der Waals surface area contributed by atoms with Gasteiger partial charge in [-0.05, 0) is 44.9 Å². The number of aromatic nitrogens is 2. The molecule has 0 atom stereocenters. The molecule has 0 aliphatic heterocycles. The third-order valence-corrected chi connectivity index (χ3v) is 3.13. The first-order chi connectivity index (χ1) is 10.5. The molecule has 0 unspecified atom stereocenters. The van der Waals surface area contributed by atoms with E-state index in [9.17, 15) is 4.79 Å². The smallest absolute Gasteiger partial charge is 0.274 e. The van der Waals surface area contributed by atoms with E-state index in [-0.39, 0.29) is 11.9 Å². The number of anilines is 2. The lowest BCUT2D eigenvalue weighted by molar-refractivity contribution is 0.102. The Morgan fingerprint density at radius 3 is 2.45 bits per heavy atom. The number of aryl methyl sites for hydroxylation is 2. The van der Waals surface area contributed by atoms with Crippen molar-refractivity contribution < 1.29 is 4.79 Å². The zero-order valence-electron chi connectivity index (χ0n) is 13.5. The summed E-state index contributed by atoms with van der Waals surface area (Å²) in [4.78, 5) is 20.8. The van der Waals surface area contributed by atoms with Gasteiger partial charge in [0, 0.05) is 17.8 Å². The van der Waals surface area contributed by atoms with Crippen LogP contribution in [0.5, 0.6) is 0 Å². The number of carbonyl (C=O) groups excluding carboxylic acids is 1. The quantitative estimate of drug-likeness (QED) is 0.887. The van der Waals surface area contributed by atoms with E-state index in [0.717, 1.165) is 12.1 Å². The van der Waals surface area contributed by atoms with E-state index in [1.807, 2.05) is 38.1 Å². The van der Waals surface area contributed by atoms with Gasteiger partial charge in [-0.25, -0.2) is 9.97 Å². The highest BCUT2D eigenvalue weighted by Crippen LogP contribution is 2.13. The van der Waals surface area contributed by atoms with Crippen LogP contribution in [0.4, 0.5) is 11.5 Å². The van der Waals surface area contributed by atoms with Crippen molar-refractivity contribution in [1.29, 1.82) is 0 Å². The van der Waals surface area contributed by atoms with Crippen LogP contribution in [0.15, 0.2) is 30.3 Å². The summed E-state index contributed by atoms with van der Waals surface area (Å²) in [5, 5.41) is 6.05. The van der Waals surface area contributed by atoms with Crippen LogP contribution in [0.3, 0.4) is 0 Å². The largest absolute Gasteiger partial charge is 0.368 e. The Hall–Kier alpha value is -2.43. The molecular formula is C17H22N4O. The molecule has 0 saturated carbocycles. The molecule has 5 nitrogen and oxygen atoms in total. The molecular weight excluding hydrogens is 276 g/mol. The van der Waals surface area contributed by atoms with E-state index in [0.29, 0.717) is 17.3 Å². The molecule has 0 aliphatic carbocycles. The van der Waals surface area contributed by atoms with Crippen molar-refractivity contribution in [3.63, 3.8) is 0 Å². The summed E-state index contributed by atoms with van der Waals surface area (Å²) in [5.74, 6) is 0.993. The summed E-state index contributed by atoms with van der Waals surface area (Å²) in [7, 11) is 0. The molecule has 2 rings (SSSR count). The maximum absolute atomic E-state index is 12.3. The van der Waals surface area contributed by atoms with Gasteiger partial charge in [-0.15, -0.1) is 0 Å². The Morgan fingerprint density at radius 1 is 1.18 bits per heavy atom. The lowest BCUT2D eigenvalue weighted by atomic mass is 10.1. The van der Waals surface area contributed by atoms with Crippen molar-refractivity contribution in [1.82, 2.24) is 9.97 Å². The Morgan fingerprint density at radius 2 is 1.86 bits per heavy atom. The fourth-order valence-electron chi connectivity index (χ4n) is 2.07. The highest BCUT2D eigenvalue weighted by atomic mass is 16.1. The number of amides is 1. The topological polar surface area (TPSA) is 66.9 Å². The second-order valence-corrected chi connectivity index (χ2v) is 5.49. The molecule has 1 heterocycles. The van der Waals surface area contributed by atoms with Crippen LogP contribution in [0.2, 0.25) is 0 Å². The fourth-order valence-corrected chi connectivity index (χ4v) is 2.07. The molecule has 0 fully saturated rings. The van der Waals surface area contributed by atoms with Gasteiger partial charge in [-0.3, -0.25) is 4.79 Å². The van der Waals surface area contributed by atoms with Gasteiger partial charge in [0.1, 0.15) is 17.3 Å². The van der Waals surface area contributed by atoms with E-state index in [1.54, 1.807) is 13.0 Å². The van der Waals surface area contributed by atoms with Crippen molar-refractivity contribution in [2.75, 3.05) is 10.6 Å². The summed E-state index contributed by atoms with van der Waals surface area (Å²) >= 11 is 0. The lowest BCUT2D eigenvalue weighted by Crippen LogP contribution is -2.17. The van der Waals surface area contributed by atoms with Crippen molar-refractivity contribution in [2.45, 2.75) is 40.2 Å². The third kappa shape index (κ3) is 4.28. The molecule has 22 heavy (non-hydrogen) atoms. The Balaban J connectivity index is 2.15. The van der Waals surface area contributed by atoms with Crippen LogP contribution in [0.25, 0.3) is 0 Å². The van der Waals surface area contributed by atoms with Gasteiger partial charge in [-0.1, -0.05) is 19.1 Å². The van der Waals surface area contributed by atoms with Crippen LogP contribution in [-0.2, 0) is 6.42 Å². The summed E-state index contributed by atoms with van der Waals surface area (Å²) in [6, 6.07) is 9.73. The highest BCUT2D eigenvalue weighted by molar-refractivity contribution is 6.03. The number of hydrogen-bond acceptors (Lipinski definition) is 4. The van der Waals surface area contributed by atoms with Crippen LogP contribution in [0, 0.1) is 6.92 Å². The maximum Gasteiger partial charge on any atom is 0.274 e. The lowest BCUT2D eigenvalue weighted by Gasteiger charge is -2.11. The highest BCUT2D eigenvalue weighted by Gasteiger charge is 2.11. The van der Waals surface area contributed by atoms with Crippen LogP contribution in [-0.4, -0.2) is 21.9 Å². The summed E-state index contributed by atoms with van der Waals surface area (Å²) in [5.41, 5.74) is 2.35. The second kappa shape index (κ2) is 7.02. The van der Waals surface area contributed by atoms with Gasteiger partial charge in [0.25, 0.3) is 5.91 Å². The molecule has 0 bridgehead atoms. The van der Waals surface area contributed by atoms with Crippen LogP contribution in [0.1, 0.15) is 42.6 Å². The average molecular weight is 298 g/mol. The molecule has 5 heteroatoms. The van der Waals surface area contributed by atoms with E-state index >= 15 is 0 Å². The molecule has 1 amide bonds. The van der Waals surface area contributed by atoms with Crippen molar-refractivity contribution >= 4 is 17.4 Å².